The quantitative estimate of drug-likeness (QED) is 0.530. The van der Waals surface area contributed by atoms with Gasteiger partial charge in [-0.1, -0.05) is 43.7 Å². The minimum Gasteiger partial charge on any atom is -0.347 e. The van der Waals surface area contributed by atoms with E-state index < -0.39 is 19.0 Å². The van der Waals surface area contributed by atoms with E-state index in [0.29, 0.717) is 13.2 Å². The topological polar surface area (TPSA) is 48.1 Å². The molecule has 0 amide bonds. The van der Waals surface area contributed by atoms with Gasteiger partial charge < -0.3 is 13.8 Å². The zero-order valence-corrected chi connectivity index (χ0v) is 13.3. The van der Waals surface area contributed by atoms with Crippen molar-refractivity contribution in [3.63, 3.8) is 0 Å². The van der Waals surface area contributed by atoms with Crippen LogP contribution in [0.2, 0.25) is 0 Å². The molecule has 0 aromatic heterocycles. The van der Waals surface area contributed by atoms with Gasteiger partial charge in [0.05, 0.1) is 13.2 Å². The van der Waals surface area contributed by atoms with Crippen molar-refractivity contribution in [2.75, 3.05) is 13.2 Å². The van der Waals surface area contributed by atoms with Crippen LogP contribution in [0.25, 0.3) is 0 Å². The van der Waals surface area contributed by atoms with Crippen LogP contribution in [0, 0.1) is 0 Å². The van der Waals surface area contributed by atoms with Crippen LogP contribution in [0.3, 0.4) is 0 Å². The molecule has 0 unspecified atom stereocenters. The van der Waals surface area contributed by atoms with Gasteiger partial charge in [-0.25, -0.2) is 0 Å². The standard InChI is InChI=1S/C15H23O4P/c1-4-12-15(13-10-8-7-9-11-13)14(19-15)20(16,17-5-2)18-6-3/h7-11,14H,4-6,12H2,1-3H3/t14-,15-/m1/s1. The maximum absolute atomic E-state index is 12.9. The molecule has 0 radical (unpaired) electrons. The Kier molecular flexibility index (Phi) is 5.03. The lowest BCUT2D eigenvalue weighted by Gasteiger charge is -2.18. The Morgan fingerprint density at radius 3 is 2.25 bits per heavy atom. The highest BCUT2D eigenvalue weighted by molar-refractivity contribution is 7.54. The number of benzene rings is 1. The second-order valence-corrected chi connectivity index (χ2v) is 6.92. The largest absolute Gasteiger partial charge is 0.362 e. The summed E-state index contributed by atoms with van der Waals surface area (Å²) >= 11 is 0. The maximum Gasteiger partial charge on any atom is 0.362 e. The van der Waals surface area contributed by atoms with Crippen molar-refractivity contribution in [2.45, 2.75) is 45.1 Å². The predicted octanol–water partition coefficient (Wildman–Crippen LogP) is 4.30. The summed E-state index contributed by atoms with van der Waals surface area (Å²) in [5, 5.41) is 0. The second kappa shape index (κ2) is 6.40. The first-order valence-electron chi connectivity index (χ1n) is 7.25. The van der Waals surface area contributed by atoms with Gasteiger partial charge in [-0.15, -0.1) is 0 Å². The molecular formula is C15H23O4P. The molecule has 2 rings (SSSR count). The van der Waals surface area contributed by atoms with Crippen LogP contribution >= 0.6 is 7.60 Å². The van der Waals surface area contributed by atoms with E-state index in [0.717, 1.165) is 18.4 Å². The minimum atomic E-state index is -3.22. The summed E-state index contributed by atoms with van der Waals surface area (Å²) in [6, 6.07) is 9.93. The number of epoxide rings is 1. The molecule has 1 fully saturated rings. The summed E-state index contributed by atoms with van der Waals surface area (Å²) in [6.07, 6.45) is 1.76. The third-order valence-electron chi connectivity index (χ3n) is 3.45. The van der Waals surface area contributed by atoms with Gasteiger partial charge in [-0.2, -0.15) is 0 Å². The Labute approximate surface area is 121 Å². The fourth-order valence-corrected chi connectivity index (χ4v) is 4.82. The number of hydrogen-bond donors (Lipinski definition) is 0. The molecular weight excluding hydrogens is 275 g/mol. The van der Waals surface area contributed by atoms with E-state index in [2.05, 4.69) is 6.92 Å². The van der Waals surface area contributed by atoms with Gasteiger partial charge in [-0.3, -0.25) is 4.57 Å². The predicted molar refractivity (Wildman–Crippen MR) is 78.8 cm³/mol. The van der Waals surface area contributed by atoms with Gasteiger partial charge in [0.2, 0.25) is 0 Å². The van der Waals surface area contributed by atoms with Crippen molar-refractivity contribution < 1.29 is 18.3 Å². The molecule has 2 atom stereocenters. The molecule has 1 aromatic rings. The molecule has 0 N–H and O–H groups in total. The molecule has 5 heteroatoms. The van der Waals surface area contributed by atoms with Crippen LogP contribution in [0.5, 0.6) is 0 Å². The van der Waals surface area contributed by atoms with Crippen LogP contribution in [-0.4, -0.2) is 19.1 Å². The maximum atomic E-state index is 12.9. The average Bonchev–Trinajstić information content (AvgIpc) is 3.17. The van der Waals surface area contributed by atoms with E-state index in [9.17, 15) is 4.57 Å². The zero-order valence-electron chi connectivity index (χ0n) is 12.4. The first-order chi connectivity index (χ1) is 9.63. The van der Waals surface area contributed by atoms with E-state index >= 15 is 0 Å². The SMILES string of the molecule is CCC[C@]1(c2ccccc2)O[C@@H]1P(=O)(OCC)OCC. The van der Waals surface area contributed by atoms with Crippen LogP contribution in [0.15, 0.2) is 30.3 Å². The Hall–Kier alpha value is -0.670. The Morgan fingerprint density at radius 2 is 1.75 bits per heavy atom. The van der Waals surface area contributed by atoms with Gasteiger partial charge >= 0.3 is 7.60 Å². The molecule has 0 saturated carbocycles. The van der Waals surface area contributed by atoms with Crippen molar-refractivity contribution in [3.8, 4) is 0 Å². The van der Waals surface area contributed by atoms with Gasteiger partial charge in [0.15, 0.2) is 5.85 Å². The molecule has 4 nitrogen and oxygen atoms in total. The molecule has 1 saturated heterocycles. The summed E-state index contributed by atoms with van der Waals surface area (Å²) < 4.78 is 29.6. The van der Waals surface area contributed by atoms with Crippen molar-refractivity contribution in [3.05, 3.63) is 35.9 Å². The second-order valence-electron chi connectivity index (χ2n) is 4.85. The van der Waals surface area contributed by atoms with Crippen LogP contribution in [-0.2, 0) is 24.0 Å². The summed E-state index contributed by atoms with van der Waals surface area (Å²) in [5.41, 5.74) is 0.530. The summed E-state index contributed by atoms with van der Waals surface area (Å²) in [6.45, 7) is 6.44. The third-order valence-corrected chi connectivity index (χ3v) is 5.79. The third kappa shape index (κ3) is 2.84. The number of ether oxygens (including phenoxy) is 1. The van der Waals surface area contributed by atoms with E-state index in [4.69, 9.17) is 13.8 Å². The van der Waals surface area contributed by atoms with Gasteiger partial charge in [0, 0.05) is 0 Å². The molecule has 0 bridgehead atoms. The van der Waals surface area contributed by atoms with E-state index in [1.54, 1.807) is 0 Å². The molecule has 0 aliphatic carbocycles. The zero-order chi connectivity index (χ0) is 14.6. The smallest absolute Gasteiger partial charge is 0.347 e. The summed E-state index contributed by atoms with van der Waals surface area (Å²) in [5.74, 6) is -0.489. The highest BCUT2D eigenvalue weighted by Gasteiger charge is 2.67. The van der Waals surface area contributed by atoms with Crippen LogP contribution in [0.1, 0.15) is 39.2 Å². The van der Waals surface area contributed by atoms with Gasteiger partial charge in [0.25, 0.3) is 0 Å². The molecule has 1 heterocycles. The average molecular weight is 298 g/mol. The highest BCUT2D eigenvalue weighted by Crippen LogP contribution is 2.70. The van der Waals surface area contributed by atoms with Crippen LogP contribution < -0.4 is 0 Å². The Balaban J connectivity index is 2.28. The molecule has 1 aromatic carbocycles. The van der Waals surface area contributed by atoms with Crippen molar-refractivity contribution in [2.24, 2.45) is 0 Å². The van der Waals surface area contributed by atoms with Crippen LogP contribution in [0.4, 0.5) is 0 Å². The van der Waals surface area contributed by atoms with E-state index in [1.165, 1.54) is 0 Å². The lowest BCUT2D eigenvalue weighted by Crippen LogP contribution is -2.15. The van der Waals surface area contributed by atoms with E-state index in [-0.39, 0.29) is 0 Å². The van der Waals surface area contributed by atoms with Crippen molar-refractivity contribution >= 4 is 7.60 Å². The lowest BCUT2D eigenvalue weighted by atomic mass is 9.95. The fraction of sp³-hybridized carbons (Fsp3) is 0.600. The van der Waals surface area contributed by atoms with Crippen molar-refractivity contribution in [1.82, 2.24) is 0 Å². The Morgan fingerprint density at radius 1 is 1.15 bits per heavy atom. The van der Waals surface area contributed by atoms with Gasteiger partial charge in [0.1, 0.15) is 5.60 Å². The molecule has 112 valence electrons. The number of hydrogen-bond acceptors (Lipinski definition) is 4. The lowest BCUT2D eigenvalue weighted by molar-refractivity contribution is 0.206. The summed E-state index contributed by atoms with van der Waals surface area (Å²) in [4.78, 5) is 0. The first kappa shape index (κ1) is 15.7. The minimum absolute atomic E-state index is 0.355. The van der Waals surface area contributed by atoms with E-state index in [1.807, 2.05) is 44.2 Å². The van der Waals surface area contributed by atoms with Gasteiger partial charge in [-0.05, 0) is 25.8 Å². The highest BCUT2D eigenvalue weighted by atomic mass is 31.2. The number of rotatable bonds is 8. The first-order valence-corrected chi connectivity index (χ1v) is 8.86. The molecule has 0 spiro atoms. The summed E-state index contributed by atoms with van der Waals surface area (Å²) in [7, 11) is -3.22. The Bertz CT molecular complexity index is 466. The molecule has 1 aliphatic heterocycles. The monoisotopic (exact) mass is 298 g/mol. The fourth-order valence-electron chi connectivity index (χ4n) is 2.65. The van der Waals surface area contributed by atoms with Crippen molar-refractivity contribution in [1.29, 1.82) is 0 Å². The molecule has 20 heavy (non-hydrogen) atoms. The normalized spacial score (nSPS) is 25.6. The molecule has 1 aliphatic rings.